The zero-order valence-electron chi connectivity index (χ0n) is 18.6. The molecule has 0 radical (unpaired) electrons. The smallest absolute Gasteiger partial charge is 0.274 e. The van der Waals surface area contributed by atoms with Gasteiger partial charge in [-0.25, -0.2) is 18.7 Å². The number of aromatic amines is 1. The van der Waals surface area contributed by atoms with Gasteiger partial charge >= 0.3 is 0 Å². The number of hydrogen-bond donors (Lipinski definition) is 4. The first-order chi connectivity index (χ1) is 16.7. The van der Waals surface area contributed by atoms with Crippen LogP contribution in [0.2, 0.25) is 0 Å². The Morgan fingerprint density at radius 2 is 1.89 bits per heavy atom. The molecule has 1 amide bonds. The lowest BCUT2D eigenvalue weighted by Gasteiger charge is -2.14. The van der Waals surface area contributed by atoms with E-state index in [9.17, 15) is 23.5 Å². The highest BCUT2D eigenvalue weighted by Gasteiger charge is 2.21. The van der Waals surface area contributed by atoms with Gasteiger partial charge in [-0.15, -0.1) is 0 Å². The number of nitrogen functional groups attached to an aromatic ring is 1. The van der Waals surface area contributed by atoms with Gasteiger partial charge in [-0.05, 0) is 37.3 Å². The minimum atomic E-state index is -0.799. The van der Waals surface area contributed by atoms with Gasteiger partial charge in [-0.1, -0.05) is 6.07 Å². The highest BCUT2D eigenvalue weighted by Crippen LogP contribution is 2.29. The summed E-state index contributed by atoms with van der Waals surface area (Å²) < 4.78 is 29.2. The molecule has 0 spiro atoms. The minimum Gasteiger partial charge on any atom is -0.392 e. The third kappa shape index (κ3) is 5.09. The Morgan fingerprint density at radius 1 is 1.14 bits per heavy atom. The fourth-order valence-corrected chi connectivity index (χ4v) is 3.53. The van der Waals surface area contributed by atoms with Crippen molar-refractivity contribution in [3.05, 3.63) is 88.1 Å². The molecule has 0 saturated heterocycles. The molecule has 0 bridgehead atoms. The number of carbonyl (C=O) groups is 1. The molecule has 0 aliphatic carbocycles. The fraction of sp³-hybridized carbons (Fsp3) is 0.167. The van der Waals surface area contributed by atoms with Gasteiger partial charge in [0.05, 0.1) is 18.3 Å². The van der Waals surface area contributed by atoms with E-state index in [1.807, 2.05) is 0 Å². The highest BCUT2D eigenvalue weighted by atomic mass is 19.1. The van der Waals surface area contributed by atoms with Crippen LogP contribution in [0.15, 0.2) is 59.7 Å². The fourth-order valence-electron chi connectivity index (χ4n) is 3.53. The van der Waals surface area contributed by atoms with Crippen molar-refractivity contribution in [3.8, 4) is 22.6 Å². The number of anilines is 1. The molecule has 1 atom stereocenters. The zero-order valence-corrected chi connectivity index (χ0v) is 18.6. The van der Waals surface area contributed by atoms with Crippen LogP contribution in [0.1, 0.15) is 23.0 Å². The van der Waals surface area contributed by atoms with E-state index in [1.165, 1.54) is 29.0 Å². The standard InChI is InChI=1S/C24H22F2N6O3/c1-13(33)11-32-12-14(7-8-19(32)34)20-21(18-6-3-9-28-18)31-23(27)22(30-20)24(35)29-10-15-16(25)4-2-5-17(15)26/h2-9,12-13,28,33H,10-11H2,1H3,(H2,27,31)(H,29,35). The summed E-state index contributed by atoms with van der Waals surface area (Å²) in [6.45, 7) is 1.17. The van der Waals surface area contributed by atoms with Crippen LogP contribution in [0.5, 0.6) is 0 Å². The Kier molecular flexibility index (Phi) is 6.69. The molecule has 35 heavy (non-hydrogen) atoms. The number of aliphatic hydroxyl groups is 1. The Hall–Kier alpha value is -4.38. The van der Waals surface area contributed by atoms with Gasteiger partial charge in [0.15, 0.2) is 11.5 Å². The van der Waals surface area contributed by atoms with E-state index in [1.54, 1.807) is 25.3 Å². The largest absolute Gasteiger partial charge is 0.392 e. The van der Waals surface area contributed by atoms with Crippen molar-refractivity contribution < 1.29 is 18.7 Å². The number of aliphatic hydroxyl groups excluding tert-OH is 1. The average Bonchev–Trinajstić information content (AvgIpc) is 3.34. The van der Waals surface area contributed by atoms with Crippen molar-refractivity contribution in [2.75, 3.05) is 5.73 Å². The summed E-state index contributed by atoms with van der Waals surface area (Å²) in [6.07, 6.45) is 2.40. The van der Waals surface area contributed by atoms with Gasteiger partial charge in [0, 0.05) is 36.1 Å². The first kappa shape index (κ1) is 23.8. The molecule has 9 nitrogen and oxygen atoms in total. The quantitative estimate of drug-likeness (QED) is 0.321. The average molecular weight is 480 g/mol. The lowest BCUT2D eigenvalue weighted by Crippen LogP contribution is -2.27. The van der Waals surface area contributed by atoms with Crippen LogP contribution in [0.25, 0.3) is 22.6 Å². The van der Waals surface area contributed by atoms with Crippen LogP contribution in [-0.2, 0) is 13.1 Å². The van der Waals surface area contributed by atoms with Gasteiger partial charge in [0.1, 0.15) is 23.0 Å². The van der Waals surface area contributed by atoms with E-state index in [2.05, 4.69) is 20.3 Å². The summed E-state index contributed by atoms with van der Waals surface area (Å²) in [5.41, 5.74) is 6.72. The predicted octanol–water partition coefficient (Wildman–Crippen LogP) is 2.47. The highest BCUT2D eigenvalue weighted by molar-refractivity contribution is 5.97. The molecule has 0 fully saturated rings. The maximum Gasteiger partial charge on any atom is 0.274 e. The van der Waals surface area contributed by atoms with E-state index in [4.69, 9.17) is 5.73 Å². The number of aromatic nitrogens is 4. The van der Waals surface area contributed by atoms with Crippen LogP contribution in [-0.4, -0.2) is 36.6 Å². The molecule has 4 rings (SSSR count). The van der Waals surface area contributed by atoms with Crippen LogP contribution < -0.4 is 16.6 Å². The van der Waals surface area contributed by atoms with Crippen molar-refractivity contribution in [2.24, 2.45) is 0 Å². The summed E-state index contributed by atoms with van der Waals surface area (Å²) in [4.78, 5) is 36.9. The topological polar surface area (TPSA) is 139 Å². The Bertz CT molecular complexity index is 1410. The predicted molar refractivity (Wildman–Crippen MR) is 125 cm³/mol. The molecule has 1 unspecified atom stereocenters. The summed E-state index contributed by atoms with van der Waals surface area (Å²) >= 11 is 0. The number of pyridine rings is 1. The minimum absolute atomic E-state index is 0.0501. The Balaban J connectivity index is 1.76. The Labute approximate surface area is 198 Å². The number of H-pyrrole nitrogens is 1. The van der Waals surface area contributed by atoms with E-state index in [0.29, 0.717) is 17.0 Å². The van der Waals surface area contributed by atoms with Crippen LogP contribution >= 0.6 is 0 Å². The number of hydrogen-bond acceptors (Lipinski definition) is 6. The molecule has 11 heteroatoms. The molecular formula is C24H22F2N6O3. The molecule has 0 aliphatic heterocycles. The number of nitrogens with two attached hydrogens (primary N) is 1. The molecule has 0 aliphatic rings. The lowest BCUT2D eigenvalue weighted by atomic mass is 10.1. The monoisotopic (exact) mass is 480 g/mol. The van der Waals surface area contributed by atoms with Crippen molar-refractivity contribution in [3.63, 3.8) is 0 Å². The maximum atomic E-state index is 13.9. The van der Waals surface area contributed by atoms with Gasteiger partial charge in [0.2, 0.25) is 0 Å². The Morgan fingerprint density at radius 3 is 2.54 bits per heavy atom. The first-order valence-electron chi connectivity index (χ1n) is 10.7. The van der Waals surface area contributed by atoms with Crippen molar-refractivity contribution in [1.82, 2.24) is 24.8 Å². The van der Waals surface area contributed by atoms with Crippen LogP contribution in [0, 0.1) is 11.6 Å². The number of nitrogens with one attached hydrogen (secondary N) is 2. The number of rotatable bonds is 7. The van der Waals surface area contributed by atoms with E-state index in [-0.39, 0.29) is 34.9 Å². The number of carbonyl (C=O) groups excluding carboxylic acids is 1. The second-order valence-electron chi connectivity index (χ2n) is 7.88. The second-order valence-corrected chi connectivity index (χ2v) is 7.88. The molecule has 3 aromatic heterocycles. The molecule has 0 saturated carbocycles. The third-order valence-corrected chi connectivity index (χ3v) is 5.20. The van der Waals surface area contributed by atoms with Crippen LogP contribution in [0.3, 0.4) is 0 Å². The molecule has 180 valence electrons. The van der Waals surface area contributed by atoms with Crippen LogP contribution in [0.4, 0.5) is 14.6 Å². The van der Waals surface area contributed by atoms with Crippen molar-refractivity contribution >= 4 is 11.7 Å². The molecule has 3 heterocycles. The summed E-state index contributed by atoms with van der Waals surface area (Å²) in [7, 11) is 0. The third-order valence-electron chi connectivity index (χ3n) is 5.20. The normalized spacial score (nSPS) is 11.9. The summed E-state index contributed by atoms with van der Waals surface area (Å²) in [6, 6.07) is 9.71. The van der Waals surface area contributed by atoms with Crippen molar-refractivity contribution in [1.29, 1.82) is 0 Å². The summed E-state index contributed by atoms with van der Waals surface area (Å²) in [5, 5.41) is 12.1. The molecule has 1 aromatic carbocycles. The van der Waals surface area contributed by atoms with E-state index in [0.717, 1.165) is 12.1 Å². The molecular weight excluding hydrogens is 458 g/mol. The SMILES string of the molecule is CC(O)Cn1cc(-c2nc(C(=O)NCc3c(F)cccc3F)c(N)nc2-c2ccc[nH]2)ccc1=O. The molecule has 5 N–H and O–H groups in total. The second kappa shape index (κ2) is 9.85. The number of nitrogens with zero attached hydrogens (tertiary/aromatic N) is 3. The van der Waals surface area contributed by atoms with Gasteiger partial charge < -0.3 is 25.7 Å². The number of benzene rings is 1. The van der Waals surface area contributed by atoms with E-state index < -0.39 is 30.2 Å². The first-order valence-corrected chi connectivity index (χ1v) is 10.7. The van der Waals surface area contributed by atoms with Crippen molar-refractivity contribution in [2.45, 2.75) is 26.1 Å². The number of amides is 1. The maximum absolute atomic E-state index is 13.9. The van der Waals surface area contributed by atoms with Gasteiger partial charge in [0.25, 0.3) is 11.5 Å². The van der Waals surface area contributed by atoms with Gasteiger partial charge in [-0.3, -0.25) is 9.59 Å². The number of halogens is 2. The lowest BCUT2D eigenvalue weighted by molar-refractivity contribution is 0.0946. The molecule has 4 aromatic rings. The summed E-state index contributed by atoms with van der Waals surface area (Å²) in [5.74, 6) is -2.57. The zero-order chi connectivity index (χ0) is 25.1. The van der Waals surface area contributed by atoms with Gasteiger partial charge in [-0.2, -0.15) is 0 Å². The van der Waals surface area contributed by atoms with E-state index >= 15 is 0 Å².